The molecule has 1 aromatic carbocycles. The maximum absolute atomic E-state index is 8.88. The molecular weight excluding hydrogens is 226 g/mol. The molecule has 1 rings (SSSR count). The molecule has 0 fully saturated rings. The largest absolute Gasteiger partial charge is 1.00 e. The number of benzene rings is 1. The van der Waals surface area contributed by atoms with E-state index >= 15 is 0 Å². The van der Waals surface area contributed by atoms with Crippen LogP contribution >= 0.6 is 7.82 Å². The number of hydrogen-bond acceptors (Lipinski definition) is 1. The first kappa shape index (κ1) is 17.7. The van der Waals surface area contributed by atoms with Gasteiger partial charge in [-0.25, -0.2) is 4.57 Å². The summed E-state index contributed by atoms with van der Waals surface area (Å²) < 4.78 is 8.88. The van der Waals surface area contributed by atoms with Gasteiger partial charge in [-0.2, -0.15) is 35.9 Å². The molecule has 0 radical (unpaired) electrons. The Morgan fingerprint density at radius 2 is 1.53 bits per heavy atom. The number of hydrogen-bond donors (Lipinski definition) is 3. The third kappa shape index (κ3) is 14.3. The monoisotopic (exact) mass is 240 g/mol. The fourth-order valence-electron chi connectivity index (χ4n) is 0.785. The zero-order valence-corrected chi connectivity index (χ0v) is 12.0. The van der Waals surface area contributed by atoms with Gasteiger partial charge in [-0.05, 0) is 5.92 Å². The molecule has 0 bridgehead atoms. The van der Waals surface area contributed by atoms with Gasteiger partial charge in [0.1, 0.15) is 0 Å². The van der Waals surface area contributed by atoms with Crippen molar-refractivity contribution >= 4 is 7.82 Å². The van der Waals surface area contributed by atoms with Crippen LogP contribution in [0.5, 0.6) is 0 Å². The summed E-state index contributed by atoms with van der Waals surface area (Å²) in [5, 5.41) is 0. The molecule has 0 spiro atoms. The van der Waals surface area contributed by atoms with Gasteiger partial charge >= 0.3 is 37.4 Å². The van der Waals surface area contributed by atoms with Crippen LogP contribution in [0.4, 0.5) is 0 Å². The van der Waals surface area contributed by atoms with E-state index in [9.17, 15) is 0 Å². The molecule has 0 aliphatic heterocycles. The van der Waals surface area contributed by atoms with Crippen LogP contribution in [-0.4, -0.2) is 14.7 Å². The Bertz CT molecular complexity index is 288. The van der Waals surface area contributed by atoms with Gasteiger partial charge in [0.05, 0.1) is 0 Å². The molecule has 6 heteroatoms. The minimum Gasteiger partial charge on any atom is -0.303 e. The summed E-state index contributed by atoms with van der Waals surface area (Å²) in [5.41, 5.74) is 1.38. The topological polar surface area (TPSA) is 77.8 Å². The molecule has 0 saturated heterocycles. The molecule has 15 heavy (non-hydrogen) atoms. The predicted molar refractivity (Wildman–Crippen MR) is 53.6 cm³/mol. The molecule has 0 unspecified atom stereocenters. The minimum atomic E-state index is -4.64. The van der Waals surface area contributed by atoms with Crippen LogP contribution in [0.3, 0.4) is 0 Å². The van der Waals surface area contributed by atoms with Crippen LogP contribution in [0.1, 0.15) is 25.3 Å². The summed E-state index contributed by atoms with van der Waals surface area (Å²) in [6.45, 7) is 4.38. The third-order valence-electron chi connectivity index (χ3n) is 1.41. The average Bonchev–Trinajstić information content (AvgIpc) is 2.03. The standard InChI is InChI=1S/C9H11.Na.H3O4P/c1-8(2)9-6-4-3-5-7-9;;1-5(2,3)4/h4-8H,1-2H3;;(H3,1,2,3,4)/q-1;+1;. The first-order valence-corrected chi connectivity index (χ1v) is 5.61. The SMILES string of the molecule is CC(C)c1cc[c-]cc1.O=P(O)(O)O.[Na+]. The van der Waals surface area contributed by atoms with Crippen LogP contribution in [0.2, 0.25) is 0 Å². The van der Waals surface area contributed by atoms with Gasteiger partial charge < -0.3 is 14.7 Å². The van der Waals surface area contributed by atoms with Gasteiger partial charge in [0.25, 0.3) is 0 Å². The molecule has 0 atom stereocenters. The Morgan fingerprint density at radius 1 is 1.20 bits per heavy atom. The van der Waals surface area contributed by atoms with E-state index in [2.05, 4.69) is 32.0 Å². The van der Waals surface area contributed by atoms with E-state index in [1.165, 1.54) is 5.56 Å². The number of rotatable bonds is 1. The second-order valence-electron chi connectivity index (χ2n) is 3.00. The average molecular weight is 240 g/mol. The van der Waals surface area contributed by atoms with Crippen molar-refractivity contribution in [2.24, 2.45) is 0 Å². The van der Waals surface area contributed by atoms with Crippen molar-refractivity contribution < 1.29 is 48.8 Å². The summed E-state index contributed by atoms with van der Waals surface area (Å²) in [5.74, 6) is 0.639. The Kier molecular flexibility index (Phi) is 10.0. The normalized spacial score (nSPS) is 10.0. The molecule has 0 heterocycles. The first-order chi connectivity index (χ1) is 6.30. The molecule has 0 saturated carbocycles. The predicted octanol–water partition coefficient (Wildman–Crippen LogP) is -1.31. The van der Waals surface area contributed by atoms with Crippen molar-refractivity contribution in [3.8, 4) is 0 Å². The fourth-order valence-corrected chi connectivity index (χ4v) is 0.785. The van der Waals surface area contributed by atoms with E-state index in [4.69, 9.17) is 19.2 Å². The first-order valence-electron chi connectivity index (χ1n) is 4.05. The van der Waals surface area contributed by atoms with Crippen LogP contribution < -0.4 is 29.6 Å². The second-order valence-corrected chi connectivity index (χ2v) is 4.03. The smallest absolute Gasteiger partial charge is 0.303 e. The molecule has 0 amide bonds. The summed E-state index contributed by atoms with van der Waals surface area (Å²) in [7, 11) is -4.64. The molecule has 1 aromatic rings. The zero-order valence-electron chi connectivity index (χ0n) is 9.08. The summed E-state index contributed by atoms with van der Waals surface area (Å²) in [6, 6.07) is 11.1. The maximum atomic E-state index is 8.88. The molecular formula is C9H14NaO4P. The van der Waals surface area contributed by atoms with Crippen molar-refractivity contribution in [3.63, 3.8) is 0 Å². The van der Waals surface area contributed by atoms with Crippen LogP contribution in [0, 0.1) is 6.07 Å². The maximum Gasteiger partial charge on any atom is 1.00 e. The minimum absolute atomic E-state index is 0. The van der Waals surface area contributed by atoms with Crippen molar-refractivity contribution in [1.29, 1.82) is 0 Å². The van der Waals surface area contributed by atoms with Crippen LogP contribution in [0.15, 0.2) is 24.3 Å². The fraction of sp³-hybridized carbons (Fsp3) is 0.333. The Labute approximate surface area is 112 Å². The van der Waals surface area contributed by atoms with Crippen molar-refractivity contribution in [2.45, 2.75) is 19.8 Å². The Balaban J connectivity index is 0. The van der Waals surface area contributed by atoms with E-state index in [-0.39, 0.29) is 29.6 Å². The molecule has 0 aliphatic carbocycles. The molecule has 80 valence electrons. The van der Waals surface area contributed by atoms with Crippen molar-refractivity contribution in [2.75, 3.05) is 0 Å². The van der Waals surface area contributed by atoms with E-state index in [0.717, 1.165) is 0 Å². The zero-order chi connectivity index (χ0) is 11.2. The van der Waals surface area contributed by atoms with Crippen molar-refractivity contribution in [1.82, 2.24) is 0 Å². The van der Waals surface area contributed by atoms with Gasteiger partial charge in [0.15, 0.2) is 0 Å². The summed E-state index contributed by atoms with van der Waals surface area (Å²) >= 11 is 0. The Hall–Kier alpha value is 0.330. The van der Waals surface area contributed by atoms with Crippen LogP contribution in [-0.2, 0) is 4.57 Å². The van der Waals surface area contributed by atoms with Gasteiger partial charge in [-0.15, -0.1) is 0 Å². The van der Waals surface area contributed by atoms with Gasteiger partial charge in [-0.1, -0.05) is 13.8 Å². The van der Waals surface area contributed by atoms with E-state index in [1.807, 2.05) is 12.1 Å². The van der Waals surface area contributed by atoms with E-state index in [0.29, 0.717) is 5.92 Å². The van der Waals surface area contributed by atoms with Gasteiger partial charge in [0, 0.05) is 0 Å². The molecule has 0 aliphatic rings. The summed E-state index contributed by atoms with van der Waals surface area (Å²) in [4.78, 5) is 21.6. The quantitative estimate of drug-likeness (QED) is 0.323. The molecule has 4 nitrogen and oxygen atoms in total. The Morgan fingerprint density at radius 3 is 1.73 bits per heavy atom. The molecule has 0 aromatic heterocycles. The third-order valence-corrected chi connectivity index (χ3v) is 1.41. The van der Waals surface area contributed by atoms with Gasteiger partial charge in [0.2, 0.25) is 0 Å². The van der Waals surface area contributed by atoms with Crippen molar-refractivity contribution in [3.05, 3.63) is 35.9 Å². The second kappa shape index (κ2) is 8.48. The summed E-state index contributed by atoms with van der Waals surface area (Å²) in [6.07, 6.45) is 0. The van der Waals surface area contributed by atoms with Gasteiger partial charge in [-0.3, -0.25) is 0 Å². The number of phosphoric acid groups is 1. The molecule has 3 N–H and O–H groups in total. The van der Waals surface area contributed by atoms with Crippen LogP contribution in [0.25, 0.3) is 0 Å². The van der Waals surface area contributed by atoms with E-state index in [1.54, 1.807) is 0 Å². The van der Waals surface area contributed by atoms with E-state index < -0.39 is 7.82 Å².